The number of nitro groups is 1. The Morgan fingerprint density at radius 2 is 2.24 bits per heavy atom. The molecule has 1 aliphatic heterocycles. The third-order valence-electron chi connectivity index (χ3n) is 4.36. The molecule has 8 nitrogen and oxygen atoms in total. The first-order valence-corrected chi connectivity index (χ1v) is 7.82. The van der Waals surface area contributed by atoms with Crippen LogP contribution in [0, 0.1) is 15.9 Å². The second kappa shape index (κ2) is 6.25. The normalized spacial score (nSPS) is 14.0. The van der Waals surface area contributed by atoms with Gasteiger partial charge < -0.3 is 10.6 Å². The monoisotopic (exact) mass is 347 g/mol. The molecule has 3 rings (SSSR count). The Morgan fingerprint density at radius 3 is 2.92 bits per heavy atom. The molecule has 0 atom stereocenters. The van der Waals surface area contributed by atoms with Crippen LogP contribution in [0.3, 0.4) is 0 Å². The molecule has 0 saturated carbocycles. The van der Waals surface area contributed by atoms with Crippen LogP contribution in [0.2, 0.25) is 0 Å². The van der Waals surface area contributed by atoms with Crippen LogP contribution in [0.15, 0.2) is 24.5 Å². The highest BCUT2D eigenvalue weighted by molar-refractivity contribution is 5.96. The molecule has 25 heavy (non-hydrogen) atoms. The van der Waals surface area contributed by atoms with Crippen molar-refractivity contribution in [3.63, 3.8) is 0 Å². The van der Waals surface area contributed by atoms with E-state index in [-0.39, 0.29) is 11.4 Å². The number of hydrogen-bond donors (Lipinski definition) is 2. The van der Waals surface area contributed by atoms with E-state index in [2.05, 4.69) is 15.7 Å². The van der Waals surface area contributed by atoms with Crippen LogP contribution in [0.1, 0.15) is 25.0 Å². The van der Waals surface area contributed by atoms with Gasteiger partial charge in [0.15, 0.2) is 0 Å². The number of nitrogens with zero attached hydrogens (tertiary/aromatic N) is 3. The zero-order chi connectivity index (χ0) is 18.2. The van der Waals surface area contributed by atoms with E-state index in [0.29, 0.717) is 25.1 Å². The summed E-state index contributed by atoms with van der Waals surface area (Å²) in [5, 5.41) is 20.4. The Bertz CT molecular complexity index is 846. The minimum Gasteiger partial charge on any atom is -0.321 e. The molecule has 2 aromatic rings. The van der Waals surface area contributed by atoms with Gasteiger partial charge in [0.1, 0.15) is 23.7 Å². The minimum atomic E-state index is -1.22. The van der Waals surface area contributed by atoms with Crippen LogP contribution in [0.25, 0.3) is 0 Å². The molecule has 2 N–H and O–H groups in total. The average Bonchev–Trinajstić information content (AvgIpc) is 3.08. The molecule has 0 fully saturated rings. The van der Waals surface area contributed by atoms with Crippen molar-refractivity contribution in [2.24, 2.45) is 0 Å². The molecule has 0 radical (unpaired) electrons. The largest absolute Gasteiger partial charge is 0.321 e. The lowest BCUT2D eigenvalue weighted by atomic mass is 9.99. The second-order valence-corrected chi connectivity index (χ2v) is 6.40. The van der Waals surface area contributed by atoms with Crippen molar-refractivity contribution in [2.45, 2.75) is 32.4 Å². The molecule has 1 aliphatic rings. The van der Waals surface area contributed by atoms with Crippen molar-refractivity contribution in [2.75, 3.05) is 11.9 Å². The van der Waals surface area contributed by atoms with Gasteiger partial charge in [0.2, 0.25) is 0 Å². The molecule has 0 spiro atoms. The number of halogens is 1. The van der Waals surface area contributed by atoms with Gasteiger partial charge in [0.05, 0.1) is 10.6 Å². The topological polar surface area (TPSA) is 102 Å². The summed E-state index contributed by atoms with van der Waals surface area (Å²) < 4.78 is 15.9. The Hall–Kier alpha value is -2.81. The summed E-state index contributed by atoms with van der Waals surface area (Å²) in [5.74, 6) is -0.951. The predicted octanol–water partition coefficient (Wildman–Crippen LogP) is 1.95. The number of anilines is 1. The number of amides is 1. The van der Waals surface area contributed by atoms with Gasteiger partial charge in [-0.2, -0.15) is 5.10 Å². The highest BCUT2D eigenvalue weighted by Crippen LogP contribution is 2.26. The molecule has 0 aliphatic carbocycles. The highest BCUT2D eigenvalue weighted by Gasteiger charge is 2.33. The van der Waals surface area contributed by atoms with Crippen molar-refractivity contribution in [1.82, 2.24) is 15.1 Å². The number of hydrogen-bond acceptors (Lipinski definition) is 5. The molecule has 0 unspecified atom stereocenters. The van der Waals surface area contributed by atoms with E-state index in [9.17, 15) is 19.3 Å². The molecule has 1 aromatic carbocycles. The molecule has 1 aromatic heterocycles. The van der Waals surface area contributed by atoms with Crippen LogP contribution < -0.4 is 10.6 Å². The van der Waals surface area contributed by atoms with Crippen molar-refractivity contribution in [3.8, 4) is 0 Å². The Labute approximate surface area is 143 Å². The maximum atomic E-state index is 14.7. The van der Waals surface area contributed by atoms with E-state index in [1.807, 2.05) is 0 Å². The van der Waals surface area contributed by atoms with E-state index >= 15 is 0 Å². The first-order chi connectivity index (χ1) is 11.8. The SMILES string of the molecule is CC(C)(C(=O)Nc1ccc2c(c1F)CCNC2)n1cc([N+](=O)[O-])cn1. The van der Waals surface area contributed by atoms with Gasteiger partial charge in [-0.05, 0) is 44.0 Å². The van der Waals surface area contributed by atoms with Gasteiger partial charge >= 0.3 is 5.69 Å². The van der Waals surface area contributed by atoms with Crippen molar-refractivity contribution >= 4 is 17.3 Å². The summed E-state index contributed by atoms with van der Waals surface area (Å²) in [6.07, 6.45) is 2.80. The highest BCUT2D eigenvalue weighted by atomic mass is 19.1. The molecular formula is C16H18FN5O3. The van der Waals surface area contributed by atoms with Crippen LogP contribution in [0.5, 0.6) is 0 Å². The van der Waals surface area contributed by atoms with Gasteiger partial charge in [-0.3, -0.25) is 19.6 Å². The summed E-state index contributed by atoms with van der Waals surface area (Å²) in [7, 11) is 0. The van der Waals surface area contributed by atoms with Crippen molar-refractivity contribution in [1.29, 1.82) is 0 Å². The molecule has 9 heteroatoms. The average molecular weight is 347 g/mol. The molecular weight excluding hydrogens is 329 g/mol. The summed E-state index contributed by atoms with van der Waals surface area (Å²) >= 11 is 0. The van der Waals surface area contributed by atoms with E-state index in [0.717, 1.165) is 11.8 Å². The summed E-state index contributed by atoms with van der Waals surface area (Å²) in [6.45, 7) is 4.39. The Balaban J connectivity index is 1.84. The second-order valence-electron chi connectivity index (χ2n) is 6.40. The van der Waals surface area contributed by atoms with Gasteiger partial charge in [0, 0.05) is 6.54 Å². The van der Waals surface area contributed by atoms with Gasteiger partial charge in [-0.15, -0.1) is 0 Å². The fourth-order valence-corrected chi connectivity index (χ4v) is 2.72. The predicted molar refractivity (Wildman–Crippen MR) is 88.6 cm³/mol. The number of nitrogens with one attached hydrogen (secondary N) is 2. The lowest BCUT2D eigenvalue weighted by Gasteiger charge is -2.25. The summed E-state index contributed by atoms with van der Waals surface area (Å²) in [4.78, 5) is 22.8. The first-order valence-electron chi connectivity index (χ1n) is 7.82. The van der Waals surface area contributed by atoms with E-state index in [4.69, 9.17) is 0 Å². The minimum absolute atomic E-state index is 0.0976. The number of fused-ring (bicyclic) bond motifs is 1. The quantitative estimate of drug-likeness (QED) is 0.650. The standard InChI is InChI=1S/C16H18FN5O3/c1-16(2,21-9-11(8-19-21)22(24)25)15(23)20-13-4-3-10-7-18-6-5-12(10)14(13)17/h3-4,8-9,18H,5-7H2,1-2H3,(H,20,23). The van der Waals surface area contributed by atoms with Crippen LogP contribution in [-0.2, 0) is 23.3 Å². The van der Waals surface area contributed by atoms with Gasteiger partial charge in [-0.1, -0.05) is 6.07 Å². The number of aromatic nitrogens is 2. The van der Waals surface area contributed by atoms with Crippen molar-refractivity contribution < 1.29 is 14.1 Å². The maximum absolute atomic E-state index is 14.7. The Morgan fingerprint density at radius 1 is 1.48 bits per heavy atom. The molecule has 0 saturated heterocycles. The number of rotatable bonds is 4. The molecule has 0 bridgehead atoms. The smallest absolute Gasteiger partial charge is 0.307 e. The lowest BCUT2D eigenvalue weighted by Crippen LogP contribution is -2.41. The third-order valence-corrected chi connectivity index (χ3v) is 4.36. The van der Waals surface area contributed by atoms with E-state index in [1.165, 1.54) is 16.9 Å². The fourth-order valence-electron chi connectivity index (χ4n) is 2.72. The van der Waals surface area contributed by atoms with E-state index in [1.54, 1.807) is 19.9 Å². The van der Waals surface area contributed by atoms with Crippen LogP contribution >= 0.6 is 0 Å². The zero-order valence-electron chi connectivity index (χ0n) is 13.9. The van der Waals surface area contributed by atoms with Crippen LogP contribution in [0.4, 0.5) is 15.8 Å². The maximum Gasteiger partial charge on any atom is 0.307 e. The third kappa shape index (κ3) is 3.10. The number of carbonyl (C=O) groups is 1. The van der Waals surface area contributed by atoms with Crippen molar-refractivity contribution in [3.05, 3.63) is 51.6 Å². The number of benzene rings is 1. The summed E-state index contributed by atoms with van der Waals surface area (Å²) in [5.41, 5.74) is 0.138. The number of carbonyl (C=O) groups excluding carboxylic acids is 1. The van der Waals surface area contributed by atoms with E-state index < -0.39 is 22.2 Å². The molecule has 1 amide bonds. The fraction of sp³-hybridized carbons (Fsp3) is 0.375. The molecule has 132 valence electrons. The summed E-state index contributed by atoms with van der Waals surface area (Å²) in [6, 6.07) is 3.31. The van der Waals surface area contributed by atoms with Gasteiger partial charge in [0.25, 0.3) is 5.91 Å². The first kappa shape index (κ1) is 17.0. The Kier molecular flexibility index (Phi) is 4.25. The lowest BCUT2D eigenvalue weighted by molar-refractivity contribution is -0.385. The van der Waals surface area contributed by atoms with Crippen LogP contribution in [-0.4, -0.2) is 27.2 Å². The zero-order valence-corrected chi connectivity index (χ0v) is 13.9. The molecule has 2 heterocycles. The van der Waals surface area contributed by atoms with Gasteiger partial charge in [-0.25, -0.2) is 4.39 Å².